The fourth-order valence-electron chi connectivity index (χ4n) is 3.19. The minimum atomic E-state index is -0.875. The summed E-state index contributed by atoms with van der Waals surface area (Å²) in [7, 11) is 0. The van der Waals surface area contributed by atoms with Gasteiger partial charge in [-0.15, -0.1) is 0 Å². The summed E-state index contributed by atoms with van der Waals surface area (Å²) in [6.07, 6.45) is 8.58. The van der Waals surface area contributed by atoms with Crippen molar-refractivity contribution in [1.29, 1.82) is 0 Å². The predicted molar refractivity (Wildman–Crippen MR) is 95.5 cm³/mol. The molecule has 0 saturated carbocycles. The van der Waals surface area contributed by atoms with Gasteiger partial charge in [-0.05, 0) is 50.2 Å². The number of aliphatic hydroxyl groups excluding tert-OH is 1. The number of ether oxygens (including phenoxy) is 3. The lowest BCUT2D eigenvalue weighted by Gasteiger charge is -2.32. The van der Waals surface area contributed by atoms with Gasteiger partial charge >= 0.3 is 11.9 Å². The molecular formula is C20H26O6. The summed E-state index contributed by atoms with van der Waals surface area (Å²) in [5.41, 5.74) is 3.05. The van der Waals surface area contributed by atoms with Crippen LogP contribution in [0.2, 0.25) is 0 Å². The highest BCUT2D eigenvalue weighted by Gasteiger charge is 2.27. The van der Waals surface area contributed by atoms with Crippen LogP contribution < -0.4 is 0 Å². The van der Waals surface area contributed by atoms with Crippen LogP contribution in [0.25, 0.3) is 0 Å². The number of aliphatic hydroxyl groups is 1. The second-order valence-electron chi connectivity index (χ2n) is 7.16. The molecular weight excluding hydrogens is 336 g/mol. The number of carbonyl (C=O) groups is 2. The summed E-state index contributed by atoms with van der Waals surface area (Å²) in [5.74, 6) is -1.18. The van der Waals surface area contributed by atoms with Gasteiger partial charge in [0.2, 0.25) is 0 Å². The molecule has 6 heteroatoms. The standard InChI is InChI=1S/C20H26O6/c1-13-6-5-9-20(3,4)16(13)8-7-15(19(23)25-12-21)11-24-17-10-14(2)18(22)26-17/h7-8,10-11,17,21H,5-6,9,12H2,1-4H3/b8-7+,15-11+/t17-/m1/s1. The highest BCUT2D eigenvalue weighted by molar-refractivity contribution is 5.91. The molecule has 0 amide bonds. The van der Waals surface area contributed by atoms with Crippen LogP contribution in [0.5, 0.6) is 0 Å². The zero-order valence-electron chi connectivity index (χ0n) is 15.7. The average molecular weight is 362 g/mol. The Hall–Kier alpha value is -2.34. The van der Waals surface area contributed by atoms with E-state index in [0.29, 0.717) is 5.57 Å². The van der Waals surface area contributed by atoms with Crippen LogP contribution in [0.3, 0.4) is 0 Å². The number of hydrogen-bond donors (Lipinski definition) is 1. The smallest absolute Gasteiger partial charge is 0.343 e. The van der Waals surface area contributed by atoms with Gasteiger partial charge in [0.25, 0.3) is 6.29 Å². The highest BCUT2D eigenvalue weighted by atomic mass is 16.7. The molecule has 142 valence electrons. The molecule has 26 heavy (non-hydrogen) atoms. The van der Waals surface area contributed by atoms with Gasteiger partial charge in [-0.3, -0.25) is 0 Å². The van der Waals surface area contributed by atoms with Crippen molar-refractivity contribution in [2.24, 2.45) is 5.41 Å². The summed E-state index contributed by atoms with van der Waals surface area (Å²) in [6.45, 7) is 7.34. The number of cyclic esters (lactones) is 1. The Morgan fingerprint density at radius 1 is 1.42 bits per heavy atom. The van der Waals surface area contributed by atoms with Gasteiger partial charge in [0, 0.05) is 11.6 Å². The number of carbonyl (C=O) groups excluding carboxylic acids is 2. The predicted octanol–water partition coefficient (Wildman–Crippen LogP) is 3.29. The van der Waals surface area contributed by atoms with Gasteiger partial charge in [0.15, 0.2) is 6.79 Å². The van der Waals surface area contributed by atoms with Crippen LogP contribution >= 0.6 is 0 Å². The third kappa shape index (κ3) is 4.85. The molecule has 0 aromatic rings. The minimum absolute atomic E-state index is 0.0204. The van der Waals surface area contributed by atoms with E-state index in [2.05, 4.69) is 25.5 Å². The lowest BCUT2D eigenvalue weighted by molar-refractivity contribution is -0.152. The lowest BCUT2D eigenvalue weighted by Crippen LogP contribution is -2.19. The summed E-state index contributed by atoms with van der Waals surface area (Å²) < 4.78 is 15.0. The van der Waals surface area contributed by atoms with Crippen LogP contribution in [0, 0.1) is 5.41 Å². The largest absolute Gasteiger partial charge is 0.458 e. The van der Waals surface area contributed by atoms with Gasteiger partial charge in [-0.25, -0.2) is 9.59 Å². The summed E-state index contributed by atoms with van der Waals surface area (Å²) >= 11 is 0. The molecule has 0 aromatic carbocycles. The maximum atomic E-state index is 12.1. The average Bonchev–Trinajstić information content (AvgIpc) is 2.87. The van der Waals surface area contributed by atoms with E-state index in [-0.39, 0.29) is 11.0 Å². The van der Waals surface area contributed by atoms with Crippen molar-refractivity contribution in [3.63, 3.8) is 0 Å². The molecule has 1 N–H and O–H groups in total. The van der Waals surface area contributed by atoms with Gasteiger partial charge in [-0.1, -0.05) is 25.5 Å². The van der Waals surface area contributed by atoms with Crippen LogP contribution in [-0.2, 0) is 23.8 Å². The molecule has 2 aliphatic rings. The van der Waals surface area contributed by atoms with E-state index >= 15 is 0 Å². The van der Waals surface area contributed by atoms with Crippen molar-refractivity contribution in [2.45, 2.75) is 53.2 Å². The fraction of sp³-hybridized carbons (Fsp3) is 0.500. The van der Waals surface area contributed by atoms with Gasteiger partial charge in [0.1, 0.15) is 6.26 Å². The Labute approximate surface area is 153 Å². The molecule has 0 aromatic heterocycles. The first kappa shape index (κ1) is 20.0. The Bertz CT molecular complexity index is 693. The molecule has 0 fully saturated rings. The van der Waals surface area contributed by atoms with E-state index in [0.717, 1.165) is 19.3 Å². The Morgan fingerprint density at radius 3 is 2.73 bits per heavy atom. The van der Waals surface area contributed by atoms with Crippen molar-refractivity contribution >= 4 is 11.9 Å². The van der Waals surface area contributed by atoms with Crippen molar-refractivity contribution < 1.29 is 28.9 Å². The third-order valence-corrected chi connectivity index (χ3v) is 4.66. The first-order valence-electron chi connectivity index (χ1n) is 8.66. The van der Waals surface area contributed by atoms with E-state index < -0.39 is 25.0 Å². The molecule has 6 nitrogen and oxygen atoms in total. The molecule has 1 atom stereocenters. The maximum absolute atomic E-state index is 12.1. The summed E-state index contributed by atoms with van der Waals surface area (Å²) in [4.78, 5) is 23.4. The number of esters is 2. The Morgan fingerprint density at radius 2 is 2.15 bits per heavy atom. The van der Waals surface area contributed by atoms with Gasteiger partial charge < -0.3 is 19.3 Å². The number of allylic oxidation sites excluding steroid dienone is 3. The fourth-order valence-corrected chi connectivity index (χ4v) is 3.19. The van der Waals surface area contributed by atoms with Crippen LogP contribution in [-0.4, -0.2) is 30.1 Å². The van der Waals surface area contributed by atoms with Crippen molar-refractivity contribution in [1.82, 2.24) is 0 Å². The summed E-state index contributed by atoms with van der Waals surface area (Å²) in [5, 5.41) is 8.85. The normalized spacial score (nSPS) is 23.1. The highest BCUT2D eigenvalue weighted by Crippen LogP contribution is 2.40. The third-order valence-electron chi connectivity index (χ3n) is 4.66. The van der Waals surface area contributed by atoms with Crippen molar-refractivity contribution in [3.05, 3.63) is 46.8 Å². The molecule has 1 heterocycles. The van der Waals surface area contributed by atoms with E-state index in [1.165, 1.54) is 23.5 Å². The minimum Gasteiger partial charge on any atom is -0.458 e. The van der Waals surface area contributed by atoms with Crippen molar-refractivity contribution in [3.8, 4) is 0 Å². The Kier molecular flexibility index (Phi) is 6.42. The first-order valence-corrected chi connectivity index (χ1v) is 8.66. The molecule has 0 saturated heterocycles. The molecule has 1 aliphatic heterocycles. The second kappa shape index (κ2) is 8.36. The van der Waals surface area contributed by atoms with Gasteiger partial charge in [0.05, 0.1) is 5.57 Å². The maximum Gasteiger partial charge on any atom is 0.343 e. The second-order valence-corrected chi connectivity index (χ2v) is 7.16. The van der Waals surface area contributed by atoms with Crippen molar-refractivity contribution in [2.75, 3.05) is 6.79 Å². The van der Waals surface area contributed by atoms with E-state index in [1.807, 2.05) is 6.08 Å². The zero-order chi connectivity index (χ0) is 19.3. The summed E-state index contributed by atoms with van der Waals surface area (Å²) in [6, 6.07) is 0. The quantitative estimate of drug-likeness (QED) is 0.257. The van der Waals surface area contributed by atoms with E-state index in [9.17, 15) is 9.59 Å². The number of hydrogen-bond acceptors (Lipinski definition) is 6. The van der Waals surface area contributed by atoms with Crippen LogP contribution in [0.1, 0.15) is 47.0 Å². The molecule has 1 aliphatic carbocycles. The molecule has 0 bridgehead atoms. The lowest BCUT2D eigenvalue weighted by atomic mass is 9.72. The SMILES string of the molecule is CC1=C[C@H](O/C=C(\C=C\C2=C(C)CCCC2(C)C)C(=O)OCO)OC1=O. The van der Waals surface area contributed by atoms with Crippen LogP contribution in [0.4, 0.5) is 0 Å². The van der Waals surface area contributed by atoms with E-state index in [1.54, 1.807) is 13.0 Å². The number of rotatable bonds is 6. The van der Waals surface area contributed by atoms with Crippen LogP contribution in [0.15, 0.2) is 46.8 Å². The monoisotopic (exact) mass is 362 g/mol. The molecule has 0 unspecified atom stereocenters. The zero-order valence-corrected chi connectivity index (χ0v) is 15.7. The topological polar surface area (TPSA) is 82.1 Å². The van der Waals surface area contributed by atoms with E-state index in [4.69, 9.17) is 14.6 Å². The molecule has 0 spiro atoms. The molecule has 2 rings (SSSR count). The van der Waals surface area contributed by atoms with Gasteiger partial charge in [-0.2, -0.15) is 0 Å². The Balaban J connectivity index is 2.21. The first-order chi connectivity index (χ1) is 12.2. The molecule has 0 radical (unpaired) electrons.